The van der Waals surface area contributed by atoms with Crippen molar-refractivity contribution >= 4 is 12.0 Å². The number of fused-ring (bicyclic) bond motifs is 1. The highest BCUT2D eigenvalue weighted by atomic mass is 16.4. The quantitative estimate of drug-likeness (QED) is 0.615. The van der Waals surface area contributed by atoms with E-state index in [1.165, 1.54) is 0 Å². The van der Waals surface area contributed by atoms with E-state index in [0.29, 0.717) is 0 Å². The van der Waals surface area contributed by atoms with Crippen LogP contribution in [-0.2, 0) is 9.90 Å². The van der Waals surface area contributed by atoms with Crippen molar-refractivity contribution < 1.29 is 9.90 Å². The smallest absolute Gasteiger partial charge is 0.246 e. The molecule has 1 unspecified atom stereocenters. The fourth-order valence-electron chi connectivity index (χ4n) is 1.45. The molecule has 1 aliphatic carbocycles. The molecule has 1 aliphatic rings. The molecule has 0 saturated heterocycles. The van der Waals surface area contributed by atoms with E-state index in [1.807, 2.05) is 30.3 Å². The normalized spacial score (nSPS) is 19.2. The molecule has 0 aliphatic heterocycles. The van der Waals surface area contributed by atoms with Crippen molar-refractivity contribution in [1.29, 1.82) is 0 Å². The first-order valence-electron chi connectivity index (χ1n) is 3.77. The highest BCUT2D eigenvalue weighted by Crippen LogP contribution is 2.29. The Labute approximate surface area is 70.2 Å². The maximum absolute atomic E-state index is 10.6. The molecule has 0 aromatic heterocycles. The number of hydrogen-bond acceptors (Lipinski definition) is 1. The molecule has 0 heterocycles. The lowest BCUT2D eigenvalue weighted by Crippen LogP contribution is -2.05. The summed E-state index contributed by atoms with van der Waals surface area (Å²) in [7, 11) is 0. The van der Waals surface area contributed by atoms with E-state index in [0.717, 1.165) is 11.1 Å². The third-order valence-electron chi connectivity index (χ3n) is 2.05. The van der Waals surface area contributed by atoms with Gasteiger partial charge in [-0.2, -0.15) is 0 Å². The predicted octanol–water partition coefficient (Wildman–Crippen LogP) is 1.75. The number of hydrogen-bond donors (Lipinski definition) is 0. The Hall–Kier alpha value is -1.57. The van der Waals surface area contributed by atoms with Gasteiger partial charge in [0.15, 0.2) is 0 Å². The minimum absolute atomic E-state index is 0.554. The van der Waals surface area contributed by atoms with Crippen LogP contribution in [0.4, 0.5) is 0 Å². The van der Waals surface area contributed by atoms with Gasteiger partial charge in [-0.25, -0.2) is 9.90 Å². The second kappa shape index (κ2) is 2.48. The van der Waals surface area contributed by atoms with Gasteiger partial charge in [0.1, 0.15) is 5.92 Å². The lowest BCUT2D eigenvalue weighted by atomic mass is 10.0. The summed E-state index contributed by atoms with van der Waals surface area (Å²) in [4.78, 5) is 10.6. The Morgan fingerprint density at radius 1 is 1.25 bits per heavy atom. The number of carbonyl (C=O) groups is 1. The lowest BCUT2D eigenvalue weighted by Gasteiger charge is -2.02. The number of carbonyl (C=O) groups excluding carboxylic acids is 1. The Morgan fingerprint density at radius 3 is 2.75 bits per heavy atom. The Bertz CT molecular complexity index is 353. The second-order valence-corrected chi connectivity index (χ2v) is 2.78. The van der Waals surface area contributed by atoms with E-state index >= 15 is 0 Å². The average molecular weight is 159 g/mol. The van der Waals surface area contributed by atoms with Gasteiger partial charge in [-0.15, -0.1) is 0 Å². The van der Waals surface area contributed by atoms with Crippen molar-refractivity contribution in [2.24, 2.45) is 0 Å². The van der Waals surface area contributed by atoms with Crippen LogP contribution in [0.25, 0.3) is 6.08 Å². The van der Waals surface area contributed by atoms with E-state index in [2.05, 4.69) is 0 Å². The summed E-state index contributed by atoms with van der Waals surface area (Å²) in [6.07, 6.45) is 3.47. The summed E-state index contributed by atoms with van der Waals surface area (Å²) in [6, 6.07) is 7.44. The predicted molar refractivity (Wildman–Crippen MR) is 43.9 cm³/mol. The van der Waals surface area contributed by atoms with Crippen molar-refractivity contribution in [1.82, 2.24) is 0 Å². The van der Waals surface area contributed by atoms with Gasteiger partial charge in [-0.1, -0.05) is 36.4 Å². The molecule has 1 aromatic carbocycles. The molecule has 2 heteroatoms. The molecule has 0 bridgehead atoms. The van der Waals surface area contributed by atoms with Crippen LogP contribution < -0.4 is 0 Å². The highest BCUT2D eigenvalue weighted by Gasteiger charge is 2.24. The van der Waals surface area contributed by atoms with E-state index in [1.54, 1.807) is 6.08 Å². The molecule has 0 fully saturated rings. The van der Waals surface area contributed by atoms with Gasteiger partial charge in [-0.3, -0.25) is 0 Å². The summed E-state index contributed by atoms with van der Waals surface area (Å²) in [5, 5.41) is 10.6. The molecule has 1 atom stereocenters. The van der Waals surface area contributed by atoms with Crippen LogP contribution in [0.5, 0.6) is 0 Å². The molecular weight excluding hydrogens is 152 g/mol. The van der Waals surface area contributed by atoms with Crippen LogP contribution in [0.15, 0.2) is 30.3 Å². The number of rotatable bonds is 1. The van der Waals surface area contributed by atoms with Gasteiger partial charge in [-0.05, 0) is 11.1 Å². The molecule has 0 N–H and O–H groups in total. The first kappa shape index (κ1) is 7.10. The van der Waals surface area contributed by atoms with E-state index < -0.39 is 11.9 Å². The first-order chi connectivity index (χ1) is 5.79. The highest BCUT2D eigenvalue weighted by molar-refractivity contribution is 5.84. The zero-order valence-electron chi connectivity index (χ0n) is 6.36. The van der Waals surface area contributed by atoms with Gasteiger partial charge in [0.05, 0.1) is 0 Å². The lowest BCUT2D eigenvalue weighted by molar-refractivity contribution is -0.143. The molecule has 12 heavy (non-hydrogen) atoms. The van der Waals surface area contributed by atoms with Gasteiger partial charge < -0.3 is 0 Å². The summed E-state index contributed by atoms with van der Waals surface area (Å²) >= 11 is 0. The van der Waals surface area contributed by atoms with Crippen LogP contribution in [0.3, 0.4) is 0 Å². The molecular formula is C10H7O2. The fraction of sp³-hybridized carbons (Fsp3) is 0.100. The molecule has 2 nitrogen and oxygen atoms in total. The molecule has 0 spiro atoms. The average Bonchev–Trinajstić information content (AvgIpc) is 2.47. The van der Waals surface area contributed by atoms with Crippen LogP contribution in [0, 0.1) is 0 Å². The summed E-state index contributed by atoms with van der Waals surface area (Å²) in [6.45, 7) is 0. The van der Waals surface area contributed by atoms with Gasteiger partial charge >= 0.3 is 5.97 Å². The largest absolute Gasteiger partial charge is 0.366 e. The second-order valence-electron chi connectivity index (χ2n) is 2.78. The van der Waals surface area contributed by atoms with E-state index in [-0.39, 0.29) is 0 Å². The molecule has 0 amide bonds. The van der Waals surface area contributed by atoms with Crippen molar-refractivity contribution in [2.75, 3.05) is 0 Å². The SMILES string of the molecule is [O]C(=O)C1C=Cc2ccccc21. The van der Waals surface area contributed by atoms with Crippen LogP contribution in [0.1, 0.15) is 17.0 Å². The summed E-state index contributed by atoms with van der Waals surface area (Å²) in [5.41, 5.74) is 1.81. The third-order valence-corrected chi connectivity index (χ3v) is 2.05. The first-order valence-corrected chi connectivity index (χ1v) is 3.77. The Morgan fingerprint density at radius 2 is 2.00 bits per heavy atom. The molecule has 1 radical (unpaired) electrons. The summed E-state index contributed by atoms with van der Waals surface area (Å²) in [5.74, 6) is -1.59. The molecule has 0 saturated carbocycles. The van der Waals surface area contributed by atoms with Crippen LogP contribution >= 0.6 is 0 Å². The Kier molecular flexibility index (Phi) is 1.47. The zero-order valence-corrected chi connectivity index (χ0v) is 6.36. The van der Waals surface area contributed by atoms with Crippen molar-refractivity contribution in [3.8, 4) is 0 Å². The van der Waals surface area contributed by atoms with E-state index in [9.17, 15) is 9.90 Å². The summed E-state index contributed by atoms with van der Waals surface area (Å²) < 4.78 is 0. The molecule has 1 aromatic rings. The van der Waals surface area contributed by atoms with Gasteiger partial charge in [0.25, 0.3) is 0 Å². The van der Waals surface area contributed by atoms with Crippen LogP contribution in [0.2, 0.25) is 0 Å². The molecule has 2 rings (SSSR count). The minimum atomic E-state index is -1.03. The van der Waals surface area contributed by atoms with Gasteiger partial charge in [0.2, 0.25) is 0 Å². The van der Waals surface area contributed by atoms with E-state index in [4.69, 9.17) is 0 Å². The minimum Gasteiger partial charge on any atom is -0.246 e. The molecule has 59 valence electrons. The maximum Gasteiger partial charge on any atom is 0.366 e. The Balaban J connectivity index is 2.49. The number of benzene rings is 1. The zero-order chi connectivity index (χ0) is 8.55. The maximum atomic E-state index is 10.6. The topological polar surface area (TPSA) is 37.0 Å². The van der Waals surface area contributed by atoms with Crippen molar-refractivity contribution in [3.63, 3.8) is 0 Å². The van der Waals surface area contributed by atoms with Gasteiger partial charge in [0, 0.05) is 0 Å². The van der Waals surface area contributed by atoms with Crippen molar-refractivity contribution in [3.05, 3.63) is 41.5 Å². The van der Waals surface area contributed by atoms with Crippen molar-refractivity contribution in [2.45, 2.75) is 5.92 Å². The van der Waals surface area contributed by atoms with Crippen LogP contribution in [-0.4, -0.2) is 5.97 Å². The fourth-order valence-corrected chi connectivity index (χ4v) is 1.45. The third kappa shape index (κ3) is 0.925. The standard InChI is InChI=1S/C10H7O2/c11-10(12)9-6-5-7-3-1-2-4-8(7)9/h1-6,9H. The monoisotopic (exact) mass is 159 g/mol.